The summed E-state index contributed by atoms with van der Waals surface area (Å²) >= 11 is 2.03. The number of nitrogens with zero attached hydrogens (tertiary/aromatic N) is 2. The molecule has 150 valence electrons. The zero-order valence-corrected chi connectivity index (χ0v) is 17.5. The zero-order valence-electron chi connectivity index (χ0n) is 15.4. The average molecular weight is 515 g/mol. The van der Waals surface area contributed by atoms with E-state index in [1.807, 2.05) is 28.7 Å². The van der Waals surface area contributed by atoms with Gasteiger partial charge in [-0.3, -0.25) is 4.79 Å². The minimum Gasteiger partial charge on any atom is -0.482 e. The predicted octanol–water partition coefficient (Wildman–Crippen LogP) is 3.50. The van der Waals surface area contributed by atoms with Gasteiger partial charge in [0.15, 0.2) is 6.61 Å². The fraction of sp³-hybridized carbons (Fsp3) is 0.0476. The van der Waals surface area contributed by atoms with E-state index in [0.717, 1.165) is 0 Å². The van der Waals surface area contributed by atoms with E-state index in [9.17, 15) is 9.59 Å². The Balaban J connectivity index is 1.52. The van der Waals surface area contributed by atoms with E-state index in [4.69, 9.17) is 19.2 Å². The highest BCUT2D eigenvalue weighted by atomic mass is 127. The predicted molar refractivity (Wildman–Crippen MR) is 115 cm³/mol. The molecule has 1 N–H and O–H groups in total. The number of nitriles is 1. The number of hydrogen-bond donors (Lipinski definition) is 1. The quantitative estimate of drug-likeness (QED) is 0.170. The molecular weight excluding hydrogens is 501 g/mol. The lowest BCUT2D eigenvalue weighted by Gasteiger charge is -2.06. The van der Waals surface area contributed by atoms with E-state index >= 15 is 0 Å². The summed E-state index contributed by atoms with van der Waals surface area (Å²) in [5, 5.41) is 12.9. The average Bonchev–Trinajstić information content (AvgIpc) is 3.29. The SMILES string of the molecule is N#Cc1ccccc1OCC(=O)N/N=C/c1ccc(OC(=O)c2ccco2)c(I)c1. The topological polar surface area (TPSA) is 114 Å². The molecule has 1 amide bonds. The third kappa shape index (κ3) is 5.68. The molecule has 0 saturated heterocycles. The van der Waals surface area contributed by atoms with E-state index < -0.39 is 11.9 Å². The van der Waals surface area contributed by atoms with Gasteiger partial charge in [0.1, 0.15) is 17.6 Å². The molecule has 0 radical (unpaired) electrons. The van der Waals surface area contributed by atoms with Gasteiger partial charge in [-0.05, 0) is 70.6 Å². The van der Waals surface area contributed by atoms with Crippen molar-refractivity contribution >= 4 is 40.7 Å². The third-order valence-electron chi connectivity index (χ3n) is 3.65. The molecule has 30 heavy (non-hydrogen) atoms. The number of amides is 1. The summed E-state index contributed by atoms with van der Waals surface area (Å²) in [6.45, 7) is -0.283. The van der Waals surface area contributed by atoms with Crippen LogP contribution in [0.25, 0.3) is 0 Å². The molecule has 0 aliphatic rings. The Hall–Kier alpha value is -3.65. The normalized spacial score (nSPS) is 10.4. The van der Waals surface area contributed by atoms with Gasteiger partial charge in [0.25, 0.3) is 5.91 Å². The molecule has 3 aromatic rings. The van der Waals surface area contributed by atoms with E-state index in [2.05, 4.69) is 10.5 Å². The number of hydrogen-bond acceptors (Lipinski definition) is 7. The first kappa shape index (κ1) is 21.1. The first-order valence-corrected chi connectivity index (χ1v) is 9.64. The van der Waals surface area contributed by atoms with Gasteiger partial charge < -0.3 is 13.9 Å². The molecule has 0 atom stereocenters. The maximum absolute atomic E-state index is 11.9. The lowest BCUT2D eigenvalue weighted by atomic mass is 10.2. The molecule has 9 heteroatoms. The lowest BCUT2D eigenvalue weighted by molar-refractivity contribution is -0.123. The number of carbonyl (C=O) groups is 2. The number of nitrogens with one attached hydrogen (secondary N) is 1. The number of furan rings is 1. The Morgan fingerprint density at radius 1 is 1.17 bits per heavy atom. The van der Waals surface area contributed by atoms with Crippen LogP contribution in [0.15, 0.2) is 70.4 Å². The Morgan fingerprint density at radius 2 is 2.00 bits per heavy atom. The first-order chi connectivity index (χ1) is 14.6. The molecule has 0 unspecified atom stereocenters. The minimum absolute atomic E-state index is 0.110. The summed E-state index contributed by atoms with van der Waals surface area (Å²) in [7, 11) is 0. The van der Waals surface area contributed by atoms with Crippen LogP contribution in [-0.4, -0.2) is 24.7 Å². The fourth-order valence-corrected chi connectivity index (χ4v) is 2.91. The summed E-state index contributed by atoms with van der Waals surface area (Å²) in [5.41, 5.74) is 3.38. The van der Waals surface area contributed by atoms with Crippen LogP contribution >= 0.6 is 22.6 Å². The second-order valence-electron chi connectivity index (χ2n) is 5.75. The molecule has 0 saturated carbocycles. The molecule has 0 fully saturated rings. The molecule has 3 rings (SSSR count). The summed E-state index contributed by atoms with van der Waals surface area (Å²) < 4.78 is 16.3. The molecule has 0 spiro atoms. The number of hydrazone groups is 1. The summed E-state index contributed by atoms with van der Waals surface area (Å²) in [4.78, 5) is 23.8. The highest BCUT2D eigenvalue weighted by Gasteiger charge is 2.13. The second-order valence-corrected chi connectivity index (χ2v) is 6.91. The van der Waals surface area contributed by atoms with E-state index in [-0.39, 0.29) is 12.4 Å². The summed E-state index contributed by atoms with van der Waals surface area (Å²) in [5.74, 6) is -0.253. The van der Waals surface area contributed by atoms with Crippen LogP contribution in [0, 0.1) is 14.9 Å². The molecule has 1 heterocycles. The van der Waals surface area contributed by atoms with E-state index in [1.54, 1.807) is 48.5 Å². The van der Waals surface area contributed by atoms with Crippen LogP contribution in [0.5, 0.6) is 11.5 Å². The Bertz CT molecular complexity index is 1120. The minimum atomic E-state index is -0.593. The van der Waals surface area contributed by atoms with Crippen LogP contribution in [-0.2, 0) is 4.79 Å². The Labute approximate surface area is 185 Å². The van der Waals surface area contributed by atoms with E-state index in [1.165, 1.54) is 18.5 Å². The van der Waals surface area contributed by atoms with Gasteiger partial charge in [-0.25, -0.2) is 10.2 Å². The maximum atomic E-state index is 11.9. The molecule has 8 nitrogen and oxygen atoms in total. The number of para-hydroxylation sites is 1. The lowest BCUT2D eigenvalue weighted by Crippen LogP contribution is -2.24. The van der Waals surface area contributed by atoms with Crippen molar-refractivity contribution in [2.75, 3.05) is 6.61 Å². The van der Waals surface area contributed by atoms with Gasteiger partial charge in [-0.2, -0.15) is 10.4 Å². The number of benzene rings is 2. The highest BCUT2D eigenvalue weighted by molar-refractivity contribution is 14.1. The number of esters is 1. The van der Waals surface area contributed by atoms with Gasteiger partial charge in [0.2, 0.25) is 5.76 Å². The van der Waals surface area contributed by atoms with Crippen LogP contribution in [0.1, 0.15) is 21.7 Å². The van der Waals surface area contributed by atoms with Gasteiger partial charge in [-0.1, -0.05) is 12.1 Å². The number of ether oxygens (including phenoxy) is 2. The Kier molecular flexibility index (Phi) is 7.18. The molecule has 1 aromatic heterocycles. The monoisotopic (exact) mass is 515 g/mol. The number of carbonyl (C=O) groups excluding carboxylic acids is 2. The van der Waals surface area contributed by atoms with Gasteiger partial charge in [0.05, 0.1) is 21.6 Å². The van der Waals surface area contributed by atoms with Gasteiger partial charge in [0, 0.05) is 0 Å². The first-order valence-electron chi connectivity index (χ1n) is 8.56. The number of halogens is 1. The number of rotatable bonds is 7. The van der Waals surface area contributed by atoms with Gasteiger partial charge >= 0.3 is 5.97 Å². The van der Waals surface area contributed by atoms with Crippen molar-refractivity contribution in [1.29, 1.82) is 5.26 Å². The van der Waals surface area contributed by atoms with Crippen molar-refractivity contribution < 1.29 is 23.5 Å². The highest BCUT2D eigenvalue weighted by Crippen LogP contribution is 2.23. The second kappa shape index (κ2) is 10.2. The smallest absolute Gasteiger partial charge is 0.379 e. The molecular formula is C21H14IN3O5. The van der Waals surface area contributed by atoms with Crippen LogP contribution in [0.3, 0.4) is 0 Å². The standard InChI is InChI=1S/C21H14IN3O5/c22-16-10-14(7-8-18(16)30-21(27)19-6-3-9-28-19)12-24-25-20(26)13-29-17-5-2-1-4-15(17)11-23/h1-10,12H,13H2,(H,25,26)/b24-12+. The molecule has 0 bridgehead atoms. The zero-order chi connectivity index (χ0) is 21.3. The van der Waals surface area contributed by atoms with Crippen molar-refractivity contribution in [1.82, 2.24) is 5.43 Å². The summed E-state index contributed by atoms with van der Waals surface area (Å²) in [6, 6.07) is 16.8. The van der Waals surface area contributed by atoms with Crippen molar-refractivity contribution in [3.8, 4) is 17.6 Å². The Morgan fingerprint density at radius 3 is 2.73 bits per heavy atom. The maximum Gasteiger partial charge on any atom is 0.379 e. The van der Waals surface area contributed by atoms with Crippen LogP contribution < -0.4 is 14.9 Å². The van der Waals surface area contributed by atoms with Gasteiger partial charge in [-0.15, -0.1) is 0 Å². The van der Waals surface area contributed by atoms with Crippen molar-refractivity contribution in [2.45, 2.75) is 0 Å². The third-order valence-corrected chi connectivity index (χ3v) is 4.49. The van der Waals surface area contributed by atoms with Crippen molar-refractivity contribution in [2.24, 2.45) is 5.10 Å². The fourth-order valence-electron chi connectivity index (χ4n) is 2.26. The molecule has 0 aliphatic carbocycles. The van der Waals surface area contributed by atoms with Crippen LogP contribution in [0.4, 0.5) is 0 Å². The van der Waals surface area contributed by atoms with E-state index in [0.29, 0.717) is 26.2 Å². The van der Waals surface area contributed by atoms with Crippen molar-refractivity contribution in [3.05, 3.63) is 81.3 Å². The van der Waals surface area contributed by atoms with Crippen LogP contribution in [0.2, 0.25) is 0 Å². The van der Waals surface area contributed by atoms with Crippen molar-refractivity contribution in [3.63, 3.8) is 0 Å². The molecule has 2 aromatic carbocycles. The summed E-state index contributed by atoms with van der Waals surface area (Å²) in [6.07, 6.45) is 2.84. The molecule has 0 aliphatic heterocycles. The largest absolute Gasteiger partial charge is 0.482 e.